The van der Waals surface area contributed by atoms with Gasteiger partial charge in [0, 0.05) is 28.1 Å². The molecular weight excluding hydrogens is 755 g/mol. The van der Waals surface area contributed by atoms with Crippen molar-refractivity contribution in [2.24, 2.45) is 0 Å². The van der Waals surface area contributed by atoms with E-state index in [2.05, 4.69) is 33.2 Å². The average molecular weight is 790 g/mol. The fraction of sp³-hybridized carbons (Fsp3) is 0.0714. The molecule has 0 radical (unpaired) electrons. The fourth-order valence-corrected chi connectivity index (χ4v) is 4.88. The van der Waals surface area contributed by atoms with E-state index in [1.54, 1.807) is 31.6 Å². The average Bonchev–Trinajstić information content (AvgIpc) is 3.55. The van der Waals surface area contributed by atoms with E-state index in [0.29, 0.717) is 5.69 Å². The first-order valence-corrected chi connectivity index (χ1v) is 14.9. The van der Waals surface area contributed by atoms with Gasteiger partial charge in [-0.1, -0.05) is 78.8 Å². The van der Waals surface area contributed by atoms with Crippen molar-refractivity contribution in [1.29, 1.82) is 0 Å². The van der Waals surface area contributed by atoms with Gasteiger partial charge < -0.3 is 19.4 Å². The van der Waals surface area contributed by atoms with Crippen molar-refractivity contribution in [2.75, 3.05) is 0 Å². The summed E-state index contributed by atoms with van der Waals surface area (Å²) in [5.74, 6) is -0.566. The molecule has 4 aromatic heterocycles. The van der Waals surface area contributed by atoms with Crippen molar-refractivity contribution in [3.05, 3.63) is 176 Å². The van der Waals surface area contributed by atoms with Crippen molar-refractivity contribution in [1.82, 2.24) is 15.0 Å². The second kappa shape index (κ2) is 16.4. The molecule has 4 aromatic carbocycles. The van der Waals surface area contributed by atoms with Gasteiger partial charge in [-0.3, -0.25) is 0 Å². The van der Waals surface area contributed by atoms with Gasteiger partial charge in [-0.15, -0.1) is 90.0 Å². The maximum Gasteiger partial charge on any atom is 3.00 e. The van der Waals surface area contributed by atoms with Crippen LogP contribution in [0.25, 0.3) is 55.7 Å². The Hall–Kier alpha value is -5.22. The number of pyridine rings is 3. The van der Waals surface area contributed by atoms with Crippen molar-refractivity contribution in [3.63, 3.8) is 0 Å². The summed E-state index contributed by atoms with van der Waals surface area (Å²) in [6, 6.07) is 52.1. The molecule has 0 amide bonds. The molecule has 5 heteroatoms. The summed E-state index contributed by atoms with van der Waals surface area (Å²) >= 11 is 0. The first kappa shape index (κ1) is 29.2. The molecule has 8 aromatic rings. The second-order valence-corrected chi connectivity index (χ2v) is 10.4. The molecule has 0 saturated carbocycles. The smallest absolute Gasteiger partial charge is 0.501 e. The molecule has 0 aliphatic heterocycles. The summed E-state index contributed by atoms with van der Waals surface area (Å²) < 4.78 is 28.9. The van der Waals surface area contributed by atoms with Crippen molar-refractivity contribution >= 4 is 21.9 Å². The van der Waals surface area contributed by atoms with Gasteiger partial charge in [0.15, 0.2) is 0 Å². The predicted molar refractivity (Wildman–Crippen MR) is 187 cm³/mol. The Labute approximate surface area is 293 Å². The minimum atomic E-state index is -2.05. The topological polar surface area (TPSA) is 51.8 Å². The summed E-state index contributed by atoms with van der Waals surface area (Å²) in [4.78, 5) is 12.9. The number of rotatable bonds is 4. The van der Waals surface area contributed by atoms with E-state index in [0.717, 1.165) is 55.6 Å². The van der Waals surface area contributed by atoms with E-state index in [1.165, 1.54) is 0 Å². The zero-order chi connectivity index (χ0) is 34.1. The third-order valence-electron chi connectivity index (χ3n) is 7.18. The minimum Gasteiger partial charge on any atom is -0.501 e. The zero-order valence-corrected chi connectivity index (χ0v) is 28.0. The van der Waals surface area contributed by atoms with Crippen LogP contribution in [0.2, 0.25) is 0 Å². The van der Waals surface area contributed by atoms with Gasteiger partial charge in [0.05, 0.1) is 5.58 Å². The normalized spacial score (nSPS) is 12.1. The molecule has 0 spiro atoms. The monoisotopic (exact) mass is 790 g/mol. The predicted octanol–water partition coefficient (Wildman–Crippen LogP) is 10.7. The van der Waals surface area contributed by atoms with Crippen molar-refractivity contribution in [2.45, 2.75) is 19.7 Å². The fourth-order valence-electron chi connectivity index (χ4n) is 4.88. The van der Waals surface area contributed by atoms with Crippen LogP contribution in [0.3, 0.4) is 0 Å². The zero-order valence-electron chi connectivity index (χ0n) is 28.6. The number of hydrogen-bond donors (Lipinski definition) is 0. The number of nitrogens with zero attached hydrogens (tertiary/aromatic N) is 3. The van der Waals surface area contributed by atoms with Crippen LogP contribution in [0.4, 0.5) is 0 Å². The Morgan fingerprint density at radius 2 is 1.21 bits per heavy atom. The Morgan fingerprint density at radius 1 is 0.596 bits per heavy atom. The van der Waals surface area contributed by atoms with E-state index in [-0.39, 0.29) is 20.1 Å². The Bertz CT molecular complexity index is 2080. The Kier molecular flexibility index (Phi) is 10.2. The first-order valence-electron chi connectivity index (χ1n) is 16.4. The molecule has 0 saturated heterocycles. The second-order valence-electron chi connectivity index (χ2n) is 10.4. The Morgan fingerprint density at radius 3 is 1.81 bits per heavy atom. The van der Waals surface area contributed by atoms with Crippen LogP contribution in [-0.2, 0) is 20.1 Å². The van der Waals surface area contributed by atoms with E-state index in [4.69, 9.17) is 8.53 Å². The maximum atomic E-state index is 7.64. The van der Waals surface area contributed by atoms with Gasteiger partial charge in [-0.2, -0.15) is 0 Å². The van der Waals surface area contributed by atoms with Gasteiger partial charge in [0.25, 0.3) is 0 Å². The summed E-state index contributed by atoms with van der Waals surface area (Å²) in [6.45, 7) is -0.342. The summed E-state index contributed by atoms with van der Waals surface area (Å²) in [7, 11) is 0. The van der Waals surface area contributed by atoms with Crippen LogP contribution < -0.4 is 0 Å². The number of benzene rings is 4. The molecule has 1 unspecified atom stereocenters. The van der Waals surface area contributed by atoms with Gasteiger partial charge in [-0.05, 0) is 47.3 Å². The van der Waals surface area contributed by atoms with Crippen LogP contribution in [0.15, 0.2) is 156 Å². The molecule has 47 heavy (non-hydrogen) atoms. The van der Waals surface area contributed by atoms with E-state index in [1.807, 2.05) is 127 Å². The molecule has 4 nitrogen and oxygen atoms in total. The van der Waals surface area contributed by atoms with Gasteiger partial charge in [0.2, 0.25) is 0 Å². The van der Waals surface area contributed by atoms with Crippen LogP contribution in [0.5, 0.6) is 0 Å². The molecule has 0 bridgehead atoms. The first-order chi connectivity index (χ1) is 23.9. The number of hydrogen-bond acceptors (Lipinski definition) is 4. The van der Waals surface area contributed by atoms with Crippen LogP contribution >= 0.6 is 0 Å². The van der Waals surface area contributed by atoms with Crippen LogP contribution in [0, 0.1) is 18.2 Å². The summed E-state index contributed by atoms with van der Waals surface area (Å²) in [5.41, 5.74) is 7.69. The van der Waals surface area contributed by atoms with Gasteiger partial charge in [0.1, 0.15) is 5.58 Å². The molecule has 8 rings (SSSR count). The largest absolute Gasteiger partial charge is 3.00 e. The molecule has 0 N–H and O–H groups in total. The van der Waals surface area contributed by atoms with E-state index in [9.17, 15) is 0 Å². The summed E-state index contributed by atoms with van der Waals surface area (Å²) in [5, 5.41) is 2.04. The molecular formula is C42H32IrN3O. The standard InChI is InChI=1S/C20H16NO.2C11H8N.Ir/c1-13(2)14-10-11-21-18(12-14)17-8-5-7-16-15-6-3-4-9-19(15)22-20(16)17;2*1-2-6-10(7-3-1)11-8-4-5-9-12-11;/h3-7,9-13H,1-2H3;2*1-6,8-9H;/q3*-1;+3/i1D3;;;. The van der Waals surface area contributed by atoms with Crippen LogP contribution in [0.1, 0.15) is 29.4 Å². The van der Waals surface area contributed by atoms with E-state index < -0.39 is 12.8 Å². The number of para-hydroxylation sites is 1. The third-order valence-corrected chi connectivity index (χ3v) is 7.18. The number of furan rings is 1. The molecule has 0 aliphatic rings. The van der Waals surface area contributed by atoms with Crippen molar-refractivity contribution < 1.29 is 28.6 Å². The quantitative estimate of drug-likeness (QED) is 0.167. The molecule has 0 fully saturated rings. The summed E-state index contributed by atoms with van der Waals surface area (Å²) in [6.07, 6.45) is 5.22. The number of fused-ring (bicyclic) bond motifs is 3. The Balaban J connectivity index is 0.000000162. The number of aromatic nitrogens is 3. The molecule has 4 heterocycles. The van der Waals surface area contributed by atoms with Gasteiger partial charge >= 0.3 is 20.1 Å². The molecule has 1 atom stereocenters. The third kappa shape index (κ3) is 8.33. The maximum absolute atomic E-state index is 7.64. The molecule has 230 valence electrons. The van der Waals surface area contributed by atoms with Crippen molar-refractivity contribution in [3.8, 4) is 33.8 Å². The molecule has 0 aliphatic carbocycles. The van der Waals surface area contributed by atoms with Crippen LogP contribution in [-0.4, -0.2) is 15.0 Å². The van der Waals surface area contributed by atoms with E-state index >= 15 is 0 Å². The SMILES string of the molecule is [2H]C([2H])([2H])C(C)c1ccnc(-c2[c-]ccc3c2oc2ccccc23)c1.[Ir+3].[c-]1ccccc1-c1ccccn1.[c-]1ccccc1-c1ccccn1. The minimum absolute atomic E-state index is 0. The van der Waals surface area contributed by atoms with Gasteiger partial charge in [-0.25, -0.2) is 0 Å².